The molecule has 1 aliphatic carbocycles. The van der Waals surface area contributed by atoms with E-state index in [1.807, 2.05) is 32.0 Å². The van der Waals surface area contributed by atoms with Gasteiger partial charge in [0.1, 0.15) is 0 Å². The van der Waals surface area contributed by atoms with Gasteiger partial charge in [-0.25, -0.2) is 4.98 Å². The highest BCUT2D eigenvalue weighted by Crippen LogP contribution is 2.37. The number of nitrogens with zero attached hydrogens (tertiary/aromatic N) is 3. The molecule has 1 unspecified atom stereocenters. The van der Waals surface area contributed by atoms with Crippen molar-refractivity contribution in [1.82, 2.24) is 24.8 Å². The predicted molar refractivity (Wildman–Crippen MR) is 111 cm³/mol. The van der Waals surface area contributed by atoms with Crippen LogP contribution >= 0.6 is 0 Å². The molecule has 148 valence electrons. The van der Waals surface area contributed by atoms with Crippen LogP contribution in [0.25, 0.3) is 10.9 Å². The normalized spacial score (nSPS) is 16.5. The number of nitrogens with one attached hydrogen (secondary N) is 2. The van der Waals surface area contributed by atoms with Crippen LogP contribution in [0, 0.1) is 6.92 Å². The van der Waals surface area contributed by atoms with Crippen molar-refractivity contribution in [2.75, 3.05) is 27.2 Å². The maximum atomic E-state index is 13.6. The van der Waals surface area contributed by atoms with E-state index in [1.165, 1.54) is 10.9 Å². The zero-order chi connectivity index (χ0) is 19.7. The fraction of sp³-hybridized carbons (Fsp3) is 0.455. The lowest BCUT2D eigenvalue weighted by Crippen LogP contribution is -2.40. The second kappa shape index (κ2) is 7.80. The average Bonchev–Trinajstić information content (AvgIpc) is 3.27. The Morgan fingerprint density at radius 2 is 2.07 bits per heavy atom. The van der Waals surface area contributed by atoms with Gasteiger partial charge in [0.25, 0.3) is 0 Å². The molecule has 28 heavy (non-hydrogen) atoms. The second-order valence-electron chi connectivity index (χ2n) is 8.04. The van der Waals surface area contributed by atoms with Crippen molar-refractivity contribution >= 4 is 16.8 Å². The number of hydrogen-bond donors (Lipinski definition) is 2. The number of carbonyl (C=O) groups is 1. The Hall–Kier alpha value is -2.60. The number of rotatable bonds is 6. The third kappa shape index (κ3) is 3.56. The smallest absolute Gasteiger partial charge is 0.232 e. The number of amides is 1. The molecule has 0 saturated heterocycles. The van der Waals surface area contributed by atoms with E-state index in [1.54, 1.807) is 6.33 Å². The molecule has 6 heteroatoms. The maximum absolute atomic E-state index is 13.6. The van der Waals surface area contributed by atoms with Gasteiger partial charge in [-0.3, -0.25) is 4.79 Å². The van der Waals surface area contributed by atoms with Crippen molar-refractivity contribution in [1.29, 1.82) is 0 Å². The fourth-order valence-corrected chi connectivity index (χ4v) is 4.20. The maximum Gasteiger partial charge on any atom is 0.232 e. The number of H-pyrrole nitrogens is 2. The van der Waals surface area contributed by atoms with E-state index < -0.39 is 0 Å². The van der Waals surface area contributed by atoms with E-state index >= 15 is 0 Å². The second-order valence-corrected chi connectivity index (χ2v) is 8.04. The first-order chi connectivity index (χ1) is 13.5. The lowest BCUT2D eigenvalue weighted by atomic mass is 9.85. The first kappa shape index (κ1) is 18.7. The molecule has 0 saturated carbocycles. The van der Waals surface area contributed by atoms with Crippen molar-refractivity contribution < 1.29 is 4.79 Å². The number of likely N-dealkylation sites (N-methyl/N-ethyl adjacent to an activating group) is 1. The van der Waals surface area contributed by atoms with Crippen LogP contribution < -0.4 is 0 Å². The minimum Gasteiger partial charge on any atom is -0.357 e. The molecular formula is C22H29N5O. The van der Waals surface area contributed by atoms with Crippen molar-refractivity contribution in [3.8, 4) is 0 Å². The summed E-state index contributed by atoms with van der Waals surface area (Å²) >= 11 is 0. The first-order valence-corrected chi connectivity index (χ1v) is 10.1. The highest BCUT2D eigenvalue weighted by atomic mass is 16.2. The summed E-state index contributed by atoms with van der Waals surface area (Å²) in [4.78, 5) is 28.8. The Morgan fingerprint density at radius 3 is 2.82 bits per heavy atom. The van der Waals surface area contributed by atoms with E-state index in [2.05, 4.69) is 38.1 Å². The highest BCUT2D eigenvalue weighted by Gasteiger charge is 2.32. The monoisotopic (exact) mass is 379 g/mol. The summed E-state index contributed by atoms with van der Waals surface area (Å²) in [6.45, 7) is 4.09. The summed E-state index contributed by atoms with van der Waals surface area (Å²) in [7, 11) is 4.08. The summed E-state index contributed by atoms with van der Waals surface area (Å²) in [6, 6.07) is 8.39. The van der Waals surface area contributed by atoms with Crippen molar-refractivity contribution in [2.24, 2.45) is 0 Å². The van der Waals surface area contributed by atoms with Crippen LogP contribution in [0.15, 0.2) is 30.6 Å². The molecule has 0 aliphatic heterocycles. The molecule has 6 nitrogen and oxygen atoms in total. The number of imidazole rings is 1. The van der Waals surface area contributed by atoms with E-state index in [4.69, 9.17) is 0 Å². The predicted octanol–water partition coefficient (Wildman–Crippen LogP) is 3.21. The van der Waals surface area contributed by atoms with E-state index in [0.717, 1.165) is 48.4 Å². The van der Waals surface area contributed by atoms with Crippen molar-refractivity contribution in [3.05, 3.63) is 53.2 Å². The van der Waals surface area contributed by atoms with Gasteiger partial charge in [0.05, 0.1) is 24.5 Å². The van der Waals surface area contributed by atoms with Crippen LogP contribution in [0.5, 0.6) is 0 Å². The molecular weight excluding hydrogens is 350 g/mol. The summed E-state index contributed by atoms with van der Waals surface area (Å²) in [6.07, 6.45) is 4.69. The number of benzene rings is 1. The van der Waals surface area contributed by atoms with Gasteiger partial charge in [-0.1, -0.05) is 18.2 Å². The molecule has 1 aromatic carbocycles. The highest BCUT2D eigenvalue weighted by molar-refractivity contribution is 5.90. The Kier molecular flexibility index (Phi) is 5.22. The number of carbonyl (C=O) groups excluding carboxylic acids is 1. The number of aromatic amines is 2. The Labute approximate surface area is 165 Å². The van der Waals surface area contributed by atoms with Gasteiger partial charge in [-0.05, 0) is 51.9 Å². The molecule has 3 aromatic rings. The molecule has 1 amide bonds. The van der Waals surface area contributed by atoms with Crippen molar-refractivity contribution in [2.45, 2.75) is 38.6 Å². The van der Waals surface area contributed by atoms with Gasteiger partial charge in [0.15, 0.2) is 0 Å². The molecule has 1 atom stereocenters. The summed E-state index contributed by atoms with van der Waals surface area (Å²) in [5, 5.41) is 1.26. The molecule has 2 N–H and O–H groups in total. The quantitative estimate of drug-likeness (QED) is 0.691. The van der Waals surface area contributed by atoms with Crippen LogP contribution in [0.1, 0.15) is 41.4 Å². The third-order valence-electron chi connectivity index (χ3n) is 5.82. The largest absolute Gasteiger partial charge is 0.357 e. The van der Waals surface area contributed by atoms with E-state index in [0.29, 0.717) is 13.1 Å². The lowest BCUT2D eigenvalue weighted by molar-refractivity contribution is -0.134. The molecule has 0 fully saturated rings. The van der Waals surface area contributed by atoms with Gasteiger partial charge in [-0.15, -0.1) is 0 Å². The zero-order valence-electron chi connectivity index (χ0n) is 17.0. The Bertz CT molecular complexity index is 970. The molecule has 2 aromatic heterocycles. The molecule has 2 heterocycles. The zero-order valence-corrected chi connectivity index (χ0v) is 17.0. The summed E-state index contributed by atoms with van der Waals surface area (Å²) in [5.74, 6) is 0.106. The molecule has 4 rings (SSSR count). The minimum atomic E-state index is -0.0995. The number of para-hydroxylation sites is 1. The van der Waals surface area contributed by atoms with Gasteiger partial charge >= 0.3 is 0 Å². The van der Waals surface area contributed by atoms with Gasteiger partial charge < -0.3 is 19.8 Å². The van der Waals surface area contributed by atoms with Crippen LogP contribution in [0.2, 0.25) is 0 Å². The Morgan fingerprint density at radius 1 is 1.25 bits per heavy atom. The summed E-state index contributed by atoms with van der Waals surface area (Å²) in [5.41, 5.74) is 5.54. The number of aryl methyl sites for hydroxylation is 2. The summed E-state index contributed by atoms with van der Waals surface area (Å²) < 4.78 is 0. The fourth-order valence-electron chi connectivity index (χ4n) is 4.20. The van der Waals surface area contributed by atoms with Crippen LogP contribution in [0.4, 0.5) is 0 Å². The standard InChI is InChI=1S/C22H29N5O/c1-15-20(24-14-23-15)13-27(12-11-26(2)3)22(28)18-9-6-8-17-16-7-4-5-10-19(16)25-21(17)18/h4-5,7,10,14,18,25H,6,8-9,11-13H2,1-3H3,(H,23,24). The molecule has 0 bridgehead atoms. The number of fused-ring (bicyclic) bond motifs is 3. The van der Waals surface area contributed by atoms with E-state index in [9.17, 15) is 4.79 Å². The number of hydrogen-bond acceptors (Lipinski definition) is 3. The van der Waals surface area contributed by atoms with Crippen LogP contribution in [0.3, 0.4) is 0 Å². The van der Waals surface area contributed by atoms with Gasteiger partial charge in [0.2, 0.25) is 5.91 Å². The topological polar surface area (TPSA) is 68.0 Å². The SMILES string of the molecule is Cc1[nH]cnc1CN(CCN(C)C)C(=O)C1CCCc2c1[nH]c1ccccc21. The number of aromatic nitrogens is 3. The van der Waals surface area contributed by atoms with Crippen LogP contribution in [-0.4, -0.2) is 57.8 Å². The molecule has 0 spiro atoms. The molecule has 0 radical (unpaired) electrons. The van der Waals surface area contributed by atoms with Gasteiger partial charge in [-0.2, -0.15) is 0 Å². The lowest BCUT2D eigenvalue weighted by Gasteiger charge is -2.30. The first-order valence-electron chi connectivity index (χ1n) is 10.1. The minimum absolute atomic E-state index is 0.0995. The van der Waals surface area contributed by atoms with Crippen molar-refractivity contribution in [3.63, 3.8) is 0 Å². The van der Waals surface area contributed by atoms with Gasteiger partial charge in [0, 0.05) is 35.4 Å². The Balaban J connectivity index is 1.64. The van der Waals surface area contributed by atoms with Crippen LogP contribution in [-0.2, 0) is 17.8 Å². The third-order valence-corrected chi connectivity index (χ3v) is 5.82. The average molecular weight is 380 g/mol. The molecule has 1 aliphatic rings. The van der Waals surface area contributed by atoms with E-state index in [-0.39, 0.29) is 11.8 Å².